The number of hydrogen-bond acceptors (Lipinski definition) is 7. The van der Waals surface area contributed by atoms with Crippen molar-refractivity contribution < 1.29 is 23.5 Å². The van der Waals surface area contributed by atoms with Crippen molar-refractivity contribution >= 4 is 18.1 Å². The SMILES string of the molecule is CCOC(=O)c1nc(N2CC3CN(C(=O)OCc4ccccc4)CC3C2)oc1C. The first kappa shape index (κ1) is 19.3. The summed E-state index contributed by atoms with van der Waals surface area (Å²) < 4.78 is 16.2. The molecular formula is C21H25N3O5. The van der Waals surface area contributed by atoms with Crippen molar-refractivity contribution in [2.24, 2.45) is 11.8 Å². The summed E-state index contributed by atoms with van der Waals surface area (Å²) in [5.74, 6) is 0.656. The largest absolute Gasteiger partial charge is 0.461 e. The van der Waals surface area contributed by atoms with Gasteiger partial charge in [0.25, 0.3) is 6.01 Å². The summed E-state index contributed by atoms with van der Waals surface area (Å²) in [6.45, 7) is 6.81. The minimum atomic E-state index is -0.466. The third-order valence-electron chi connectivity index (χ3n) is 5.47. The molecule has 0 saturated carbocycles. The fraction of sp³-hybridized carbons (Fsp3) is 0.476. The number of amides is 1. The molecule has 2 fully saturated rings. The Labute approximate surface area is 169 Å². The number of ether oxygens (including phenoxy) is 2. The summed E-state index contributed by atoms with van der Waals surface area (Å²) in [6, 6.07) is 10.1. The smallest absolute Gasteiger partial charge is 0.410 e. The first-order chi connectivity index (χ1) is 14.0. The van der Waals surface area contributed by atoms with Crippen LogP contribution >= 0.6 is 0 Å². The van der Waals surface area contributed by atoms with E-state index in [0.717, 1.165) is 18.7 Å². The maximum Gasteiger partial charge on any atom is 0.410 e. The zero-order chi connectivity index (χ0) is 20.4. The molecule has 2 saturated heterocycles. The number of esters is 1. The lowest BCUT2D eigenvalue weighted by Gasteiger charge is -2.20. The predicted molar refractivity (Wildman–Crippen MR) is 105 cm³/mol. The molecule has 4 rings (SSSR count). The molecule has 2 atom stereocenters. The van der Waals surface area contributed by atoms with Crippen LogP contribution in [0, 0.1) is 18.8 Å². The average molecular weight is 399 g/mol. The Balaban J connectivity index is 1.31. The highest BCUT2D eigenvalue weighted by atomic mass is 16.6. The molecule has 1 amide bonds. The van der Waals surface area contributed by atoms with Gasteiger partial charge in [-0.25, -0.2) is 9.59 Å². The van der Waals surface area contributed by atoms with Crippen molar-refractivity contribution in [1.82, 2.24) is 9.88 Å². The molecule has 8 nitrogen and oxygen atoms in total. The van der Waals surface area contributed by atoms with Gasteiger partial charge in [-0.05, 0) is 19.4 Å². The first-order valence-corrected chi connectivity index (χ1v) is 9.90. The third-order valence-corrected chi connectivity index (χ3v) is 5.47. The Morgan fingerprint density at radius 3 is 2.45 bits per heavy atom. The van der Waals surface area contributed by atoms with E-state index < -0.39 is 5.97 Å². The zero-order valence-electron chi connectivity index (χ0n) is 16.7. The zero-order valence-corrected chi connectivity index (χ0v) is 16.7. The minimum absolute atomic E-state index is 0.227. The molecule has 2 aliphatic rings. The van der Waals surface area contributed by atoms with Gasteiger partial charge in [0.1, 0.15) is 12.4 Å². The van der Waals surface area contributed by atoms with Crippen molar-refractivity contribution in [3.8, 4) is 0 Å². The van der Waals surface area contributed by atoms with Gasteiger partial charge in [-0.15, -0.1) is 0 Å². The summed E-state index contributed by atoms with van der Waals surface area (Å²) >= 11 is 0. The number of rotatable bonds is 5. The van der Waals surface area contributed by atoms with Gasteiger partial charge in [-0.2, -0.15) is 4.98 Å². The third kappa shape index (κ3) is 4.06. The van der Waals surface area contributed by atoms with Gasteiger partial charge in [0.05, 0.1) is 6.61 Å². The molecule has 29 heavy (non-hydrogen) atoms. The van der Waals surface area contributed by atoms with Gasteiger partial charge in [-0.1, -0.05) is 30.3 Å². The van der Waals surface area contributed by atoms with Gasteiger partial charge in [0.2, 0.25) is 0 Å². The van der Waals surface area contributed by atoms with Crippen LogP contribution in [-0.4, -0.2) is 54.7 Å². The van der Waals surface area contributed by atoms with Gasteiger partial charge in [0, 0.05) is 38.0 Å². The lowest BCUT2D eigenvalue weighted by molar-refractivity contribution is 0.0518. The van der Waals surface area contributed by atoms with E-state index in [4.69, 9.17) is 13.9 Å². The fourth-order valence-corrected chi connectivity index (χ4v) is 4.02. The van der Waals surface area contributed by atoms with Crippen LogP contribution < -0.4 is 4.90 Å². The molecular weight excluding hydrogens is 374 g/mol. The van der Waals surface area contributed by atoms with Crippen molar-refractivity contribution in [2.45, 2.75) is 20.5 Å². The quantitative estimate of drug-likeness (QED) is 0.715. The highest BCUT2D eigenvalue weighted by molar-refractivity contribution is 5.88. The first-order valence-electron chi connectivity index (χ1n) is 9.90. The summed E-state index contributed by atoms with van der Waals surface area (Å²) in [6.07, 6.45) is -0.272. The van der Waals surface area contributed by atoms with Gasteiger partial charge in [-0.3, -0.25) is 0 Å². The predicted octanol–water partition coefficient (Wildman–Crippen LogP) is 2.86. The topological polar surface area (TPSA) is 85.1 Å². The van der Waals surface area contributed by atoms with Crippen LogP contribution in [0.25, 0.3) is 0 Å². The van der Waals surface area contributed by atoms with Crippen LogP contribution in [-0.2, 0) is 16.1 Å². The average Bonchev–Trinajstić information content (AvgIpc) is 3.39. The number of aryl methyl sites for hydroxylation is 1. The number of aromatic nitrogens is 1. The Morgan fingerprint density at radius 1 is 1.10 bits per heavy atom. The Kier molecular flexibility index (Phi) is 5.42. The number of nitrogens with zero attached hydrogens (tertiary/aromatic N) is 3. The summed E-state index contributed by atoms with van der Waals surface area (Å²) in [7, 11) is 0. The van der Waals surface area contributed by atoms with E-state index in [1.54, 1.807) is 18.7 Å². The highest BCUT2D eigenvalue weighted by Gasteiger charge is 2.43. The number of fused-ring (bicyclic) bond motifs is 1. The second kappa shape index (κ2) is 8.14. The molecule has 0 bridgehead atoms. The normalized spacial score (nSPS) is 20.6. The van der Waals surface area contributed by atoms with E-state index in [1.807, 2.05) is 35.2 Å². The Morgan fingerprint density at radius 2 is 1.79 bits per heavy atom. The number of oxazole rings is 1. The molecule has 1 aromatic heterocycles. The van der Waals surface area contributed by atoms with Crippen molar-refractivity contribution in [2.75, 3.05) is 37.7 Å². The Hall–Kier alpha value is -3.03. The number of benzene rings is 1. The van der Waals surface area contributed by atoms with Crippen molar-refractivity contribution in [3.63, 3.8) is 0 Å². The van der Waals surface area contributed by atoms with E-state index in [9.17, 15) is 9.59 Å². The highest BCUT2D eigenvalue weighted by Crippen LogP contribution is 2.34. The van der Waals surface area contributed by atoms with Crippen LogP contribution in [0.5, 0.6) is 0 Å². The van der Waals surface area contributed by atoms with E-state index in [-0.39, 0.29) is 18.4 Å². The van der Waals surface area contributed by atoms with Crippen LogP contribution in [0.4, 0.5) is 10.8 Å². The monoisotopic (exact) mass is 399 g/mol. The maximum absolute atomic E-state index is 12.4. The number of likely N-dealkylation sites (tertiary alicyclic amines) is 1. The lowest BCUT2D eigenvalue weighted by Crippen LogP contribution is -2.33. The summed E-state index contributed by atoms with van der Waals surface area (Å²) in [5, 5.41) is 0. The minimum Gasteiger partial charge on any atom is -0.461 e. The molecule has 0 spiro atoms. The fourth-order valence-electron chi connectivity index (χ4n) is 4.02. The second-order valence-corrected chi connectivity index (χ2v) is 7.49. The van der Waals surface area contributed by atoms with Crippen molar-refractivity contribution in [3.05, 3.63) is 47.3 Å². The van der Waals surface area contributed by atoms with Gasteiger partial charge in [0.15, 0.2) is 5.69 Å². The molecule has 8 heteroatoms. The van der Waals surface area contributed by atoms with E-state index in [2.05, 4.69) is 4.98 Å². The summed E-state index contributed by atoms with van der Waals surface area (Å²) in [5.41, 5.74) is 1.20. The van der Waals surface area contributed by atoms with Crippen LogP contribution in [0.3, 0.4) is 0 Å². The summed E-state index contributed by atoms with van der Waals surface area (Å²) in [4.78, 5) is 32.5. The molecule has 0 radical (unpaired) electrons. The van der Waals surface area contributed by atoms with Gasteiger partial charge < -0.3 is 23.7 Å². The molecule has 3 heterocycles. The van der Waals surface area contributed by atoms with E-state index in [0.29, 0.717) is 43.3 Å². The van der Waals surface area contributed by atoms with Crippen LogP contribution in [0.15, 0.2) is 34.7 Å². The van der Waals surface area contributed by atoms with Crippen LogP contribution in [0.1, 0.15) is 28.7 Å². The molecule has 0 N–H and O–H groups in total. The molecule has 2 aliphatic heterocycles. The van der Waals surface area contributed by atoms with E-state index >= 15 is 0 Å². The number of carbonyl (C=O) groups excluding carboxylic acids is 2. The van der Waals surface area contributed by atoms with Gasteiger partial charge >= 0.3 is 12.1 Å². The lowest BCUT2D eigenvalue weighted by atomic mass is 10.0. The van der Waals surface area contributed by atoms with E-state index in [1.165, 1.54) is 0 Å². The van der Waals surface area contributed by atoms with Crippen molar-refractivity contribution in [1.29, 1.82) is 0 Å². The van der Waals surface area contributed by atoms with Crippen LogP contribution in [0.2, 0.25) is 0 Å². The molecule has 0 aliphatic carbocycles. The molecule has 2 unspecified atom stereocenters. The second-order valence-electron chi connectivity index (χ2n) is 7.49. The molecule has 154 valence electrons. The maximum atomic E-state index is 12.4. The molecule has 2 aromatic rings. The number of anilines is 1. The number of hydrogen-bond donors (Lipinski definition) is 0. The standard InChI is InChI=1S/C21H25N3O5/c1-3-27-19(25)18-14(2)29-20(22-18)23-9-16-11-24(12-17(16)10-23)21(26)28-13-15-7-5-4-6-8-15/h4-8,16-17H,3,9-13H2,1-2H3. The number of carbonyl (C=O) groups is 2. The Bertz CT molecular complexity index is 868. The molecule has 1 aromatic carbocycles.